The van der Waals surface area contributed by atoms with Gasteiger partial charge in [0.05, 0.1) is 18.4 Å². The molecule has 7 nitrogen and oxygen atoms in total. The summed E-state index contributed by atoms with van der Waals surface area (Å²) in [6, 6.07) is 3.29. The van der Waals surface area contributed by atoms with Crippen LogP contribution in [-0.4, -0.2) is 47.1 Å². The molecule has 0 spiro atoms. The van der Waals surface area contributed by atoms with Crippen LogP contribution < -0.4 is 4.72 Å². The van der Waals surface area contributed by atoms with E-state index in [4.69, 9.17) is 0 Å². The number of aromatic nitrogens is 3. The first-order valence-electron chi connectivity index (χ1n) is 9.84. The topological polar surface area (TPSA) is 92.1 Å². The lowest BCUT2D eigenvalue weighted by Gasteiger charge is -2.18. The third-order valence-electron chi connectivity index (χ3n) is 5.56. The summed E-state index contributed by atoms with van der Waals surface area (Å²) in [7, 11) is -2.11. The summed E-state index contributed by atoms with van der Waals surface area (Å²) in [5.41, 5.74) is 0.965. The highest BCUT2D eigenvalue weighted by Crippen LogP contribution is 2.41. The number of alkyl halides is 3. The number of aromatic amines is 1. The van der Waals surface area contributed by atoms with Crippen LogP contribution in [0.15, 0.2) is 29.5 Å². The Hall–Kier alpha value is -2.14. The van der Waals surface area contributed by atoms with E-state index in [9.17, 15) is 21.6 Å². The predicted molar refractivity (Wildman–Crippen MR) is 108 cm³/mol. The lowest BCUT2D eigenvalue weighted by molar-refractivity contribution is -0.130. The number of nitrogens with zero attached hydrogens (tertiary/aromatic N) is 3. The Morgan fingerprint density at radius 1 is 1.40 bits per heavy atom. The van der Waals surface area contributed by atoms with Gasteiger partial charge in [0.2, 0.25) is 10.0 Å². The van der Waals surface area contributed by atoms with Gasteiger partial charge in [-0.05, 0) is 30.9 Å². The number of hydrogen-bond acceptors (Lipinski definition) is 4. The molecule has 2 aromatic heterocycles. The van der Waals surface area contributed by atoms with Crippen molar-refractivity contribution in [3.63, 3.8) is 0 Å². The SMILES string of the molecule is CCC1CC(NS(=O)(=O)CCC(F)(F)F)CC1c1cnc(C=Nc2ccc[nH]2)n1C. The van der Waals surface area contributed by atoms with Gasteiger partial charge in [0.15, 0.2) is 5.82 Å². The molecular formula is C19H26F3N5O2S. The molecule has 0 aromatic carbocycles. The monoisotopic (exact) mass is 445 g/mol. The van der Waals surface area contributed by atoms with Crippen molar-refractivity contribution < 1.29 is 21.6 Å². The van der Waals surface area contributed by atoms with Gasteiger partial charge in [-0.15, -0.1) is 0 Å². The molecule has 0 aliphatic heterocycles. The van der Waals surface area contributed by atoms with E-state index in [0.29, 0.717) is 24.5 Å². The Kier molecular flexibility index (Phi) is 6.71. The molecule has 0 radical (unpaired) electrons. The molecule has 0 amide bonds. The average Bonchev–Trinajstić information content (AvgIpc) is 3.38. The molecule has 30 heavy (non-hydrogen) atoms. The van der Waals surface area contributed by atoms with Crippen molar-refractivity contribution in [2.24, 2.45) is 18.0 Å². The van der Waals surface area contributed by atoms with Gasteiger partial charge < -0.3 is 9.55 Å². The summed E-state index contributed by atoms with van der Waals surface area (Å²) in [5.74, 6) is 0.711. The molecular weight excluding hydrogens is 419 g/mol. The second-order valence-corrected chi connectivity index (χ2v) is 9.53. The van der Waals surface area contributed by atoms with Crippen LogP contribution >= 0.6 is 0 Å². The first-order chi connectivity index (χ1) is 14.1. The Balaban J connectivity index is 1.69. The smallest absolute Gasteiger partial charge is 0.347 e. The maximum absolute atomic E-state index is 12.4. The third kappa shape index (κ3) is 5.72. The van der Waals surface area contributed by atoms with Crippen molar-refractivity contribution in [2.45, 2.75) is 50.7 Å². The van der Waals surface area contributed by atoms with Crippen molar-refractivity contribution in [3.8, 4) is 0 Å². The molecule has 3 unspecified atom stereocenters. The second-order valence-electron chi connectivity index (χ2n) is 7.66. The quantitative estimate of drug-likeness (QED) is 0.608. The maximum atomic E-state index is 12.4. The van der Waals surface area contributed by atoms with E-state index in [1.807, 2.05) is 30.7 Å². The Labute approximate surface area is 173 Å². The minimum Gasteiger partial charge on any atom is -0.347 e. The molecule has 1 saturated carbocycles. The Morgan fingerprint density at radius 2 is 2.17 bits per heavy atom. The van der Waals surface area contributed by atoms with E-state index >= 15 is 0 Å². The van der Waals surface area contributed by atoms with Gasteiger partial charge in [0.25, 0.3) is 0 Å². The van der Waals surface area contributed by atoms with E-state index in [0.717, 1.165) is 12.1 Å². The van der Waals surface area contributed by atoms with Crippen molar-refractivity contribution in [3.05, 3.63) is 36.0 Å². The van der Waals surface area contributed by atoms with Crippen LogP contribution in [0, 0.1) is 5.92 Å². The molecule has 3 rings (SSSR count). The van der Waals surface area contributed by atoms with Crippen LogP contribution in [-0.2, 0) is 17.1 Å². The fourth-order valence-corrected chi connectivity index (χ4v) is 5.35. The summed E-state index contributed by atoms with van der Waals surface area (Å²) in [4.78, 5) is 11.7. The number of halogens is 3. The van der Waals surface area contributed by atoms with Gasteiger partial charge in [0, 0.05) is 37.1 Å². The number of hydrogen-bond donors (Lipinski definition) is 2. The van der Waals surface area contributed by atoms with Crippen LogP contribution in [0.5, 0.6) is 0 Å². The van der Waals surface area contributed by atoms with E-state index in [2.05, 4.69) is 19.7 Å². The first-order valence-corrected chi connectivity index (χ1v) is 11.5. The van der Waals surface area contributed by atoms with E-state index in [-0.39, 0.29) is 17.9 Å². The average molecular weight is 446 g/mol. The minimum atomic E-state index is -4.49. The third-order valence-corrected chi connectivity index (χ3v) is 6.99. The molecule has 0 saturated heterocycles. The number of sulfonamides is 1. The summed E-state index contributed by atoms with van der Waals surface area (Å²) >= 11 is 0. The lowest BCUT2D eigenvalue weighted by atomic mass is 9.91. The highest BCUT2D eigenvalue weighted by atomic mass is 32.2. The highest BCUT2D eigenvalue weighted by molar-refractivity contribution is 7.89. The predicted octanol–water partition coefficient (Wildman–Crippen LogP) is 3.64. The molecule has 166 valence electrons. The van der Waals surface area contributed by atoms with Crippen LogP contribution in [0.4, 0.5) is 19.0 Å². The van der Waals surface area contributed by atoms with Crippen LogP contribution in [0.1, 0.15) is 50.0 Å². The zero-order chi connectivity index (χ0) is 21.9. The minimum absolute atomic E-state index is 0.0652. The van der Waals surface area contributed by atoms with Crippen LogP contribution in [0.2, 0.25) is 0 Å². The van der Waals surface area contributed by atoms with Gasteiger partial charge >= 0.3 is 6.18 Å². The molecule has 1 aliphatic carbocycles. The van der Waals surface area contributed by atoms with Crippen molar-refractivity contribution in [1.82, 2.24) is 19.3 Å². The number of nitrogens with one attached hydrogen (secondary N) is 2. The first kappa shape index (κ1) is 22.5. The van der Waals surface area contributed by atoms with Crippen LogP contribution in [0.3, 0.4) is 0 Å². The number of rotatable bonds is 8. The van der Waals surface area contributed by atoms with E-state index in [1.165, 1.54) is 0 Å². The lowest BCUT2D eigenvalue weighted by Crippen LogP contribution is -2.36. The second kappa shape index (κ2) is 8.93. The largest absolute Gasteiger partial charge is 0.390 e. The molecule has 2 aromatic rings. The molecule has 11 heteroatoms. The summed E-state index contributed by atoms with van der Waals surface area (Å²) in [6.07, 6.45) is 1.30. The molecule has 3 atom stereocenters. The molecule has 1 fully saturated rings. The van der Waals surface area contributed by atoms with Gasteiger partial charge in [-0.2, -0.15) is 13.2 Å². The van der Waals surface area contributed by atoms with E-state index in [1.54, 1.807) is 18.6 Å². The molecule has 1 aliphatic rings. The molecule has 2 N–H and O–H groups in total. The van der Waals surface area contributed by atoms with Gasteiger partial charge in [0.1, 0.15) is 5.82 Å². The Morgan fingerprint density at radius 3 is 2.80 bits per heavy atom. The number of aliphatic imine (C=N–C) groups is 1. The zero-order valence-corrected chi connectivity index (χ0v) is 17.7. The van der Waals surface area contributed by atoms with Gasteiger partial charge in [-0.25, -0.2) is 23.1 Å². The normalized spacial score (nSPS) is 22.9. The fourth-order valence-electron chi connectivity index (χ4n) is 4.03. The fraction of sp³-hybridized carbons (Fsp3) is 0.579. The van der Waals surface area contributed by atoms with E-state index < -0.39 is 28.4 Å². The van der Waals surface area contributed by atoms with Gasteiger partial charge in [-0.3, -0.25) is 0 Å². The van der Waals surface area contributed by atoms with Crippen molar-refractivity contribution >= 4 is 22.1 Å². The van der Waals surface area contributed by atoms with Crippen molar-refractivity contribution in [2.75, 3.05) is 5.75 Å². The van der Waals surface area contributed by atoms with Crippen LogP contribution in [0.25, 0.3) is 0 Å². The van der Waals surface area contributed by atoms with Gasteiger partial charge in [-0.1, -0.05) is 13.3 Å². The molecule has 2 heterocycles. The number of imidazole rings is 1. The number of H-pyrrole nitrogens is 1. The summed E-state index contributed by atoms with van der Waals surface area (Å²) in [5, 5.41) is 0. The standard InChI is InChI=1S/C19H26F3N5O2S/c1-3-13-9-14(26-30(28,29)8-6-19(20,21)22)10-15(13)16-11-25-18(27(16)2)12-24-17-5-4-7-23-17/h4-5,7,11-15,23,26H,3,6,8-10H2,1-2H3. The zero-order valence-electron chi connectivity index (χ0n) is 16.9. The Bertz CT molecular complexity index is 967. The maximum Gasteiger partial charge on any atom is 0.390 e. The highest BCUT2D eigenvalue weighted by Gasteiger charge is 2.38. The van der Waals surface area contributed by atoms with Crippen molar-refractivity contribution in [1.29, 1.82) is 0 Å². The molecule has 0 bridgehead atoms. The summed E-state index contributed by atoms with van der Waals surface area (Å²) in [6.45, 7) is 2.03. The summed E-state index contributed by atoms with van der Waals surface area (Å²) < 4.78 is 65.7.